The van der Waals surface area contributed by atoms with Gasteiger partial charge in [-0.2, -0.15) is 0 Å². The predicted molar refractivity (Wildman–Crippen MR) is 27.8 cm³/mol. The molecule has 0 saturated heterocycles. The molecule has 0 atom stereocenters. The zero-order chi connectivity index (χ0) is 4.24. The van der Waals surface area contributed by atoms with Crippen LogP contribution in [0.25, 0.3) is 0 Å². The van der Waals surface area contributed by atoms with Gasteiger partial charge in [0.05, 0.1) is 0 Å². The Bertz CT molecular complexity index is 80.0. The molecule has 2 heteroatoms. The van der Waals surface area contributed by atoms with Crippen molar-refractivity contribution in [3.05, 3.63) is 30.1 Å². The quantitative estimate of drug-likeness (QED) is 0.498. The number of hydrogen-bond acceptors (Lipinski definition) is 0. The second-order valence-electron chi connectivity index (χ2n) is 1.15. The standard InChI is InChI=1S/C5H5B.Co/c1-2-4-6-5-3-1;/h1-5H;. The first-order valence-electron chi connectivity index (χ1n) is 2.00. The Hall–Kier alpha value is -0.0786. The average molecular weight is 135 g/mol. The van der Waals surface area contributed by atoms with E-state index in [1.165, 1.54) is 0 Å². The van der Waals surface area contributed by atoms with Crippen LogP contribution >= 0.6 is 0 Å². The molecule has 1 aromatic rings. The average Bonchev–Trinajstić information content (AvgIpc) is 1.72. The van der Waals surface area contributed by atoms with Crippen molar-refractivity contribution in [3.8, 4) is 0 Å². The molecule has 1 rings (SSSR count). The summed E-state index contributed by atoms with van der Waals surface area (Å²) < 4.78 is 0. The third kappa shape index (κ3) is 2.60. The van der Waals surface area contributed by atoms with Gasteiger partial charge in [0.25, 0.3) is 0 Å². The van der Waals surface area contributed by atoms with Crippen LogP contribution in [0.3, 0.4) is 0 Å². The normalized spacial score (nSPS) is 6.29. The van der Waals surface area contributed by atoms with Gasteiger partial charge in [0.15, 0.2) is 0 Å². The van der Waals surface area contributed by atoms with Gasteiger partial charge in [-0.25, -0.2) is 0 Å². The zero-order valence-corrected chi connectivity index (χ0v) is 4.84. The van der Waals surface area contributed by atoms with Crippen LogP contribution in [0.15, 0.2) is 30.1 Å². The molecule has 0 aliphatic heterocycles. The van der Waals surface area contributed by atoms with Gasteiger partial charge in [-0.3, -0.25) is 0 Å². The molecule has 0 saturated carbocycles. The molecule has 1 radical (unpaired) electrons. The van der Waals surface area contributed by atoms with E-state index < -0.39 is 0 Å². The number of hydrogen-bond donors (Lipinski definition) is 0. The summed E-state index contributed by atoms with van der Waals surface area (Å²) in [5.74, 6) is 4.00. The van der Waals surface area contributed by atoms with E-state index in [-0.39, 0.29) is 16.8 Å². The Kier molecular flexibility index (Phi) is 4.04. The van der Waals surface area contributed by atoms with Gasteiger partial charge < -0.3 is 0 Å². The summed E-state index contributed by atoms with van der Waals surface area (Å²) in [5, 5.41) is 0. The van der Waals surface area contributed by atoms with E-state index in [0.717, 1.165) is 0 Å². The second kappa shape index (κ2) is 4.09. The van der Waals surface area contributed by atoms with E-state index in [9.17, 15) is 0 Å². The second-order valence-corrected chi connectivity index (χ2v) is 1.15. The predicted octanol–water partition coefficient (Wildman–Crippen LogP) is 1.02. The fourth-order valence-electron chi connectivity index (χ4n) is 0.385. The first kappa shape index (κ1) is 6.92. The van der Waals surface area contributed by atoms with Crippen LogP contribution in [-0.2, 0) is 16.8 Å². The Morgan fingerprint density at radius 2 is 1.43 bits per heavy atom. The van der Waals surface area contributed by atoms with Crippen LogP contribution < -0.4 is 0 Å². The molecule has 0 spiro atoms. The van der Waals surface area contributed by atoms with Crippen molar-refractivity contribution < 1.29 is 16.8 Å². The Morgan fingerprint density at radius 1 is 0.857 bits per heavy atom. The molecule has 7 heavy (non-hydrogen) atoms. The van der Waals surface area contributed by atoms with E-state index in [1.807, 2.05) is 37.0 Å². The molecule has 1 aromatic heterocycles. The van der Waals surface area contributed by atoms with Crippen molar-refractivity contribution >= 4 is 6.91 Å². The van der Waals surface area contributed by atoms with Crippen LogP contribution in [0.4, 0.5) is 0 Å². The number of rotatable bonds is 0. The molecule has 0 aliphatic carbocycles. The van der Waals surface area contributed by atoms with Crippen LogP contribution in [0.2, 0.25) is 0 Å². The maximum atomic E-state index is 2.00. The molecule has 1 heterocycles. The van der Waals surface area contributed by atoms with Crippen LogP contribution in [-0.4, -0.2) is 6.91 Å². The van der Waals surface area contributed by atoms with Gasteiger partial charge >= 0.3 is 37.0 Å². The third-order valence-corrected chi connectivity index (χ3v) is 0.667. The monoisotopic (exact) mass is 135 g/mol. The van der Waals surface area contributed by atoms with E-state index in [4.69, 9.17) is 0 Å². The minimum atomic E-state index is 0. The van der Waals surface area contributed by atoms with E-state index >= 15 is 0 Å². The summed E-state index contributed by atoms with van der Waals surface area (Å²) in [6.45, 7) is 2.00. The Balaban J connectivity index is 0.000000360. The van der Waals surface area contributed by atoms with Gasteiger partial charge in [0, 0.05) is 16.8 Å². The van der Waals surface area contributed by atoms with Crippen LogP contribution in [0.5, 0.6) is 0 Å². The van der Waals surface area contributed by atoms with E-state index in [2.05, 4.69) is 0 Å². The Labute approximate surface area is 54.4 Å². The summed E-state index contributed by atoms with van der Waals surface area (Å²) in [5.41, 5.74) is 0. The Morgan fingerprint density at radius 3 is 1.57 bits per heavy atom. The van der Waals surface area contributed by atoms with Gasteiger partial charge in [-0.15, -0.1) is 0 Å². The zero-order valence-electron chi connectivity index (χ0n) is 3.80. The van der Waals surface area contributed by atoms with E-state index in [1.54, 1.807) is 0 Å². The molecule has 0 N–H and O–H groups in total. The molecule has 0 amide bonds. The summed E-state index contributed by atoms with van der Waals surface area (Å²) in [4.78, 5) is 0. The van der Waals surface area contributed by atoms with Crippen molar-refractivity contribution in [2.45, 2.75) is 0 Å². The third-order valence-electron chi connectivity index (χ3n) is 0.667. The molecule has 0 fully saturated rings. The summed E-state index contributed by atoms with van der Waals surface area (Å²) in [6, 6.07) is 6.00. The van der Waals surface area contributed by atoms with Crippen molar-refractivity contribution in [1.82, 2.24) is 0 Å². The maximum absolute atomic E-state index is 2.00. The van der Waals surface area contributed by atoms with E-state index in [0.29, 0.717) is 0 Å². The molecule has 0 aromatic carbocycles. The first-order valence-corrected chi connectivity index (χ1v) is 2.00. The van der Waals surface area contributed by atoms with Crippen LogP contribution in [0.1, 0.15) is 0 Å². The topological polar surface area (TPSA) is 0 Å². The molecular weight excluding hydrogens is 130 g/mol. The molecule has 37 valence electrons. The van der Waals surface area contributed by atoms with Gasteiger partial charge in [0.1, 0.15) is 0 Å². The van der Waals surface area contributed by atoms with Gasteiger partial charge in [-0.05, 0) is 0 Å². The van der Waals surface area contributed by atoms with Gasteiger partial charge in [-0.1, -0.05) is 0 Å². The molecular formula is C5H5BCo. The first-order chi connectivity index (χ1) is 3.00. The van der Waals surface area contributed by atoms with Crippen molar-refractivity contribution in [3.63, 3.8) is 0 Å². The molecule has 0 nitrogen and oxygen atoms in total. The molecule has 0 aliphatic rings. The SMILES string of the molecule is [Co].b1ccccc1. The summed E-state index contributed by atoms with van der Waals surface area (Å²) >= 11 is 0. The molecule has 0 bridgehead atoms. The summed E-state index contributed by atoms with van der Waals surface area (Å²) in [7, 11) is 0. The van der Waals surface area contributed by atoms with Gasteiger partial charge in [0.2, 0.25) is 0 Å². The fourth-order valence-corrected chi connectivity index (χ4v) is 0.385. The fraction of sp³-hybridized carbons (Fsp3) is 0. The molecule has 0 unspecified atom stereocenters. The minimum absolute atomic E-state index is 0. The van der Waals surface area contributed by atoms with Crippen LogP contribution in [0, 0.1) is 0 Å². The van der Waals surface area contributed by atoms with Crippen molar-refractivity contribution in [1.29, 1.82) is 0 Å². The van der Waals surface area contributed by atoms with Crippen molar-refractivity contribution in [2.24, 2.45) is 0 Å². The summed E-state index contributed by atoms with van der Waals surface area (Å²) in [6.07, 6.45) is 0. The van der Waals surface area contributed by atoms with Crippen molar-refractivity contribution in [2.75, 3.05) is 0 Å².